The minimum Gasteiger partial charge on any atom is -0.463 e. The van der Waals surface area contributed by atoms with E-state index in [1.807, 2.05) is 40.3 Å². The third-order valence-corrected chi connectivity index (χ3v) is 8.26. The smallest absolute Gasteiger partial charge is 0.271 e. The number of amides is 2. The van der Waals surface area contributed by atoms with Gasteiger partial charge < -0.3 is 19.2 Å². The molecule has 0 bridgehead atoms. The van der Waals surface area contributed by atoms with E-state index in [1.165, 1.54) is 6.42 Å². The Morgan fingerprint density at radius 3 is 2.90 bits per heavy atom. The van der Waals surface area contributed by atoms with E-state index >= 15 is 0 Å². The van der Waals surface area contributed by atoms with Gasteiger partial charge in [0, 0.05) is 24.7 Å². The largest absolute Gasteiger partial charge is 0.463 e. The average molecular weight is 446 g/mol. The molecular formula is C24H35N3O3S. The van der Waals surface area contributed by atoms with Crippen LogP contribution in [0, 0.1) is 5.92 Å². The quantitative estimate of drug-likeness (QED) is 0.599. The first-order valence-electron chi connectivity index (χ1n) is 11.7. The number of rotatable bonds is 8. The normalized spacial score (nSPS) is 26.3. The molecule has 0 aromatic carbocycles. The van der Waals surface area contributed by atoms with Crippen molar-refractivity contribution in [3.05, 3.63) is 24.1 Å². The molecule has 3 heterocycles. The highest BCUT2D eigenvalue weighted by molar-refractivity contribution is 7.99. The Morgan fingerprint density at radius 1 is 1.32 bits per heavy atom. The molecule has 7 heteroatoms. The van der Waals surface area contributed by atoms with Gasteiger partial charge in [-0.3, -0.25) is 9.59 Å². The fourth-order valence-electron chi connectivity index (χ4n) is 5.05. The zero-order valence-corrected chi connectivity index (χ0v) is 19.8. The number of carbonyl (C=O) groups is 2. The van der Waals surface area contributed by atoms with E-state index in [2.05, 4.69) is 19.2 Å². The van der Waals surface area contributed by atoms with Crippen LogP contribution in [0.1, 0.15) is 69.8 Å². The van der Waals surface area contributed by atoms with Crippen molar-refractivity contribution in [3.63, 3.8) is 0 Å². The molecule has 1 fully saturated rings. The summed E-state index contributed by atoms with van der Waals surface area (Å²) in [4.78, 5) is 29.1. The van der Waals surface area contributed by atoms with Crippen LogP contribution in [0.25, 0.3) is 11.1 Å². The maximum atomic E-state index is 13.7. The lowest BCUT2D eigenvalue weighted by molar-refractivity contribution is -0.134. The van der Waals surface area contributed by atoms with Crippen molar-refractivity contribution in [2.45, 2.75) is 77.4 Å². The van der Waals surface area contributed by atoms with Crippen molar-refractivity contribution < 1.29 is 14.0 Å². The average Bonchev–Trinajstić information content (AvgIpc) is 3.34. The molecule has 3 atom stereocenters. The van der Waals surface area contributed by atoms with Gasteiger partial charge in [-0.15, -0.1) is 0 Å². The van der Waals surface area contributed by atoms with Crippen molar-refractivity contribution in [2.24, 2.45) is 5.92 Å². The summed E-state index contributed by atoms with van der Waals surface area (Å²) in [5.41, 5.74) is 1.28. The molecule has 0 spiro atoms. The van der Waals surface area contributed by atoms with Crippen molar-refractivity contribution in [2.75, 3.05) is 18.1 Å². The molecule has 31 heavy (non-hydrogen) atoms. The number of hydrogen-bond acceptors (Lipinski definition) is 4. The lowest BCUT2D eigenvalue weighted by atomic mass is 9.85. The second kappa shape index (κ2) is 9.31. The fourth-order valence-corrected chi connectivity index (χ4v) is 5.87. The third-order valence-electron chi connectivity index (χ3n) is 6.98. The lowest BCUT2D eigenvalue weighted by Gasteiger charge is -2.45. The number of furan rings is 1. The number of fused-ring (bicyclic) bond motifs is 3. The van der Waals surface area contributed by atoms with Gasteiger partial charge >= 0.3 is 0 Å². The van der Waals surface area contributed by atoms with E-state index in [1.54, 1.807) is 6.26 Å². The topological polar surface area (TPSA) is 67.5 Å². The first-order valence-corrected chi connectivity index (χ1v) is 12.9. The Hall–Kier alpha value is -1.89. The van der Waals surface area contributed by atoms with Gasteiger partial charge in [0.15, 0.2) is 5.58 Å². The van der Waals surface area contributed by atoms with Crippen molar-refractivity contribution in [1.29, 1.82) is 0 Å². The minimum atomic E-state index is -0.917. The molecule has 1 aliphatic carbocycles. The van der Waals surface area contributed by atoms with E-state index in [-0.39, 0.29) is 17.9 Å². The van der Waals surface area contributed by atoms with Crippen LogP contribution >= 0.6 is 11.8 Å². The monoisotopic (exact) mass is 445 g/mol. The van der Waals surface area contributed by atoms with Gasteiger partial charge in [0.05, 0.1) is 18.3 Å². The zero-order valence-electron chi connectivity index (χ0n) is 19.0. The molecule has 0 saturated heterocycles. The van der Waals surface area contributed by atoms with Crippen LogP contribution in [0.5, 0.6) is 0 Å². The molecule has 2 amide bonds. The molecule has 0 unspecified atom stereocenters. The summed E-state index contributed by atoms with van der Waals surface area (Å²) in [6.45, 7) is 7.37. The summed E-state index contributed by atoms with van der Waals surface area (Å²) in [7, 11) is 0. The van der Waals surface area contributed by atoms with Crippen LogP contribution in [0.2, 0.25) is 0 Å². The van der Waals surface area contributed by atoms with E-state index in [0.29, 0.717) is 30.3 Å². The summed E-state index contributed by atoms with van der Waals surface area (Å²) in [6.07, 6.45) is 8.23. The molecule has 0 radical (unpaired) electrons. The molecule has 1 N–H and O–H groups in total. The lowest BCUT2D eigenvalue weighted by Crippen LogP contribution is -2.65. The van der Waals surface area contributed by atoms with Crippen molar-refractivity contribution >= 4 is 34.7 Å². The van der Waals surface area contributed by atoms with E-state index in [9.17, 15) is 9.59 Å². The molecule has 170 valence electrons. The first kappa shape index (κ1) is 22.3. The number of carbonyl (C=O) groups excluding carboxylic acids is 2. The standard InChI is InChI=1S/C24H35N3O3S/c1-4-13-31-14-7-11-27-22(28)20-15-21-19(10-12-30-21)26(20)16-24(27,3)23(29)25-18-9-6-5-8-17(18)2/h10,12,15,17-18H,4-9,11,13-14,16H2,1-3H3,(H,25,29)/t17-,18+,24+/m0/s1. The third kappa shape index (κ3) is 4.26. The number of aromatic nitrogens is 1. The summed E-state index contributed by atoms with van der Waals surface area (Å²) >= 11 is 1.91. The molecule has 4 rings (SSSR count). The van der Waals surface area contributed by atoms with Gasteiger partial charge in [-0.05, 0) is 50.0 Å². The van der Waals surface area contributed by atoms with Gasteiger partial charge in [0.25, 0.3) is 5.91 Å². The van der Waals surface area contributed by atoms with Crippen LogP contribution in [0.4, 0.5) is 0 Å². The summed E-state index contributed by atoms with van der Waals surface area (Å²) < 4.78 is 7.51. The van der Waals surface area contributed by atoms with Gasteiger partial charge in [0.1, 0.15) is 11.2 Å². The van der Waals surface area contributed by atoms with Gasteiger partial charge in [-0.25, -0.2) is 0 Å². The molecule has 1 aliphatic heterocycles. The van der Waals surface area contributed by atoms with E-state index in [0.717, 1.165) is 49.1 Å². The van der Waals surface area contributed by atoms with Crippen molar-refractivity contribution in [3.8, 4) is 0 Å². The Balaban J connectivity index is 1.60. The molecule has 2 aromatic rings. The highest BCUT2D eigenvalue weighted by Gasteiger charge is 2.48. The number of hydrogen-bond donors (Lipinski definition) is 1. The Kier molecular flexibility index (Phi) is 6.70. The van der Waals surface area contributed by atoms with Crippen LogP contribution in [-0.2, 0) is 11.3 Å². The molecule has 2 aromatic heterocycles. The molecule has 1 saturated carbocycles. The molecule has 6 nitrogen and oxygen atoms in total. The number of thioether (sulfide) groups is 1. The minimum absolute atomic E-state index is 0.0307. The maximum absolute atomic E-state index is 13.7. The summed E-state index contributed by atoms with van der Waals surface area (Å²) in [5, 5.41) is 3.33. The second-order valence-electron chi connectivity index (χ2n) is 9.32. The van der Waals surface area contributed by atoms with Crippen LogP contribution < -0.4 is 5.32 Å². The van der Waals surface area contributed by atoms with E-state index in [4.69, 9.17) is 4.42 Å². The zero-order chi connectivity index (χ0) is 22.0. The summed E-state index contributed by atoms with van der Waals surface area (Å²) in [5.74, 6) is 2.49. The van der Waals surface area contributed by atoms with Crippen molar-refractivity contribution in [1.82, 2.24) is 14.8 Å². The molecular weight excluding hydrogens is 410 g/mol. The van der Waals surface area contributed by atoms with Crippen LogP contribution in [-0.4, -0.2) is 50.9 Å². The SMILES string of the molecule is CCCSCCCN1C(=O)c2cc3occc3n2C[C@]1(C)C(=O)N[C@@H]1CCCC[C@@H]1C. The second-order valence-corrected chi connectivity index (χ2v) is 10.5. The highest BCUT2D eigenvalue weighted by atomic mass is 32.2. The highest BCUT2D eigenvalue weighted by Crippen LogP contribution is 2.34. The number of nitrogens with zero attached hydrogens (tertiary/aromatic N) is 2. The van der Waals surface area contributed by atoms with Gasteiger partial charge in [-0.1, -0.05) is 26.7 Å². The van der Waals surface area contributed by atoms with Gasteiger partial charge in [-0.2, -0.15) is 11.8 Å². The Morgan fingerprint density at radius 2 is 2.13 bits per heavy atom. The Bertz CT molecular complexity index is 936. The predicted octanol–water partition coefficient (Wildman–Crippen LogP) is 4.68. The van der Waals surface area contributed by atoms with E-state index < -0.39 is 5.54 Å². The summed E-state index contributed by atoms with van der Waals surface area (Å²) in [6, 6.07) is 3.89. The number of nitrogens with one attached hydrogen (secondary N) is 1. The first-order chi connectivity index (χ1) is 15.0. The fraction of sp³-hybridized carbons (Fsp3) is 0.667. The Labute approximate surface area is 189 Å². The van der Waals surface area contributed by atoms with Gasteiger partial charge in [0.2, 0.25) is 5.91 Å². The maximum Gasteiger partial charge on any atom is 0.271 e. The molecule has 2 aliphatic rings. The van der Waals surface area contributed by atoms with Crippen LogP contribution in [0.3, 0.4) is 0 Å². The predicted molar refractivity (Wildman–Crippen MR) is 125 cm³/mol. The van der Waals surface area contributed by atoms with Crippen LogP contribution in [0.15, 0.2) is 22.8 Å².